The molecule has 0 saturated heterocycles. The van der Waals surface area contributed by atoms with Gasteiger partial charge in [0.05, 0.1) is 6.61 Å². The number of hydrogen-bond acceptors (Lipinski definition) is 3. The van der Waals surface area contributed by atoms with Crippen LogP contribution in [0, 0.1) is 5.92 Å². The van der Waals surface area contributed by atoms with Gasteiger partial charge in [0, 0.05) is 41.0 Å². The Morgan fingerprint density at radius 1 is 0.921 bits per heavy atom. The van der Waals surface area contributed by atoms with Gasteiger partial charge in [0.2, 0.25) is 11.8 Å². The predicted octanol–water partition coefficient (Wildman–Crippen LogP) is 7.22. The van der Waals surface area contributed by atoms with E-state index in [1.165, 1.54) is 0 Å². The molecule has 8 heteroatoms. The molecule has 38 heavy (non-hydrogen) atoms. The number of nitrogens with one attached hydrogen (secondary N) is 1. The van der Waals surface area contributed by atoms with Crippen molar-refractivity contribution in [1.29, 1.82) is 0 Å². The van der Waals surface area contributed by atoms with E-state index in [2.05, 4.69) is 5.32 Å². The van der Waals surface area contributed by atoms with Crippen molar-refractivity contribution in [2.75, 3.05) is 13.2 Å². The van der Waals surface area contributed by atoms with Crippen LogP contribution >= 0.6 is 34.8 Å². The monoisotopic (exact) mass is 574 g/mol. The third-order valence-corrected chi connectivity index (χ3v) is 6.77. The number of halogens is 3. The van der Waals surface area contributed by atoms with E-state index in [4.69, 9.17) is 39.5 Å². The second-order valence-corrected chi connectivity index (χ2v) is 10.8. The number of amides is 2. The SMILES string of the molecule is CC(C)CNC(=O)[C@@H](Cc1ccccc1)N(Cc1ccc(Cl)cc1Cl)C(=O)CCCOc1ccc(Cl)cc1. The van der Waals surface area contributed by atoms with Crippen molar-refractivity contribution < 1.29 is 14.3 Å². The van der Waals surface area contributed by atoms with Crippen LogP contribution in [0.1, 0.15) is 37.8 Å². The van der Waals surface area contributed by atoms with Crippen molar-refractivity contribution in [2.45, 2.75) is 45.7 Å². The first-order valence-electron chi connectivity index (χ1n) is 12.7. The van der Waals surface area contributed by atoms with Crippen LogP contribution in [0.3, 0.4) is 0 Å². The van der Waals surface area contributed by atoms with Gasteiger partial charge < -0.3 is 15.0 Å². The van der Waals surface area contributed by atoms with Gasteiger partial charge in [-0.25, -0.2) is 0 Å². The molecule has 0 fully saturated rings. The van der Waals surface area contributed by atoms with Gasteiger partial charge in [-0.15, -0.1) is 0 Å². The summed E-state index contributed by atoms with van der Waals surface area (Å²) in [5.41, 5.74) is 1.68. The van der Waals surface area contributed by atoms with E-state index in [1.807, 2.05) is 44.2 Å². The molecular formula is C30H33Cl3N2O3. The number of hydrogen-bond donors (Lipinski definition) is 1. The van der Waals surface area contributed by atoms with Crippen LogP contribution in [0.5, 0.6) is 5.75 Å². The Hall–Kier alpha value is -2.73. The average molecular weight is 576 g/mol. The molecule has 0 aromatic heterocycles. The zero-order valence-electron chi connectivity index (χ0n) is 21.6. The minimum Gasteiger partial charge on any atom is -0.494 e. The quantitative estimate of drug-likeness (QED) is 0.219. The lowest BCUT2D eigenvalue weighted by Crippen LogP contribution is -2.51. The third-order valence-electron chi connectivity index (χ3n) is 5.93. The van der Waals surface area contributed by atoms with Gasteiger partial charge in [0.1, 0.15) is 11.8 Å². The van der Waals surface area contributed by atoms with Gasteiger partial charge in [-0.3, -0.25) is 9.59 Å². The number of nitrogens with zero attached hydrogens (tertiary/aromatic N) is 1. The van der Waals surface area contributed by atoms with Crippen molar-refractivity contribution in [1.82, 2.24) is 10.2 Å². The molecule has 0 unspecified atom stereocenters. The lowest BCUT2D eigenvalue weighted by Gasteiger charge is -2.32. The smallest absolute Gasteiger partial charge is 0.243 e. The molecule has 0 aliphatic carbocycles. The summed E-state index contributed by atoms with van der Waals surface area (Å²) in [5, 5.41) is 4.60. The van der Waals surface area contributed by atoms with Crippen LogP contribution in [0.25, 0.3) is 0 Å². The normalized spacial score (nSPS) is 11.7. The molecule has 0 bridgehead atoms. The fraction of sp³-hybridized carbons (Fsp3) is 0.333. The minimum atomic E-state index is -0.715. The Balaban J connectivity index is 1.81. The highest BCUT2D eigenvalue weighted by Gasteiger charge is 2.30. The number of ether oxygens (including phenoxy) is 1. The summed E-state index contributed by atoms with van der Waals surface area (Å²) < 4.78 is 5.77. The number of rotatable bonds is 13. The summed E-state index contributed by atoms with van der Waals surface area (Å²) in [6.07, 6.45) is 1.07. The van der Waals surface area contributed by atoms with Gasteiger partial charge >= 0.3 is 0 Å². The highest BCUT2D eigenvalue weighted by molar-refractivity contribution is 6.35. The van der Waals surface area contributed by atoms with Gasteiger partial charge in [0.15, 0.2) is 0 Å². The molecule has 5 nitrogen and oxygen atoms in total. The largest absolute Gasteiger partial charge is 0.494 e. The Morgan fingerprint density at radius 3 is 2.26 bits per heavy atom. The molecule has 3 aromatic rings. The molecule has 1 atom stereocenters. The summed E-state index contributed by atoms with van der Waals surface area (Å²) in [4.78, 5) is 28.8. The zero-order chi connectivity index (χ0) is 27.5. The highest BCUT2D eigenvalue weighted by Crippen LogP contribution is 2.25. The first kappa shape index (κ1) is 29.8. The zero-order valence-corrected chi connectivity index (χ0v) is 23.9. The van der Waals surface area contributed by atoms with Crippen molar-refractivity contribution in [3.63, 3.8) is 0 Å². The van der Waals surface area contributed by atoms with Gasteiger partial charge in [0.25, 0.3) is 0 Å². The molecule has 0 aliphatic heterocycles. The molecule has 202 valence electrons. The molecule has 3 rings (SSSR count). The Bertz CT molecular complexity index is 1190. The van der Waals surface area contributed by atoms with E-state index in [9.17, 15) is 9.59 Å². The van der Waals surface area contributed by atoms with Crippen molar-refractivity contribution in [3.05, 3.63) is 99.0 Å². The van der Waals surface area contributed by atoms with Crippen molar-refractivity contribution in [2.24, 2.45) is 5.92 Å². The molecule has 3 aromatic carbocycles. The molecule has 0 radical (unpaired) electrons. The Kier molecular flexibility index (Phi) is 11.8. The van der Waals surface area contributed by atoms with E-state index < -0.39 is 6.04 Å². The second kappa shape index (κ2) is 15.0. The first-order valence-corrected chi connectivity index (χ1v) is 13.8. The van der Waals surface area contributed by atoms with E-state index >= 15 is 0 Å². The molecule has 1 N–H and O–H groups in total. The Labute approximate surface area is 240 Å². The van der Waals surface area contributed by atoms with E-state index in [0.29, 0.717) is 46.8 Å². The lowest BCUT2D eigenvalue weighted by molar-refractivity contribution is -0.141. The van der Waals surface area contributed by atoms with Gasteiger partial charge in [-0.2, -0.15) is 0 Å². The minimum absolute atomic E-state index is 0.156. The van der Waals surface area contributed by atoms with Crippen LogP contribution in [0.2, 0.25) is 15.1 Å². The molecular weight excluding hydrogens is 543 g/mol. The van der Waals surface area contributed by atoms with E-state index in [-0.39, 0.29) is 30.7 Å². The van der Waals surface area contributed by atoms with Crippen LogP contribution < -0.4 is 10.1 Å². The summed E-state index contributed by atoms with van der Waals surface area (Å²) in [7, 11) is 0. The number of carbonyl (C=O) groups excluding carboxylic acids is 2. The van der Waals surface area contributed by atoms with Gasteiger partial charge in [-0.1, -0.05) is 85.0 Å². The maximum atomic E-state index is 13.7. The summed E-state index contributed by atoms with van der Waals surface area (Å²) in [6.45, 7) is 5.11. The van der Waals surface area contributed by atoms with Crippen LogP contribution in [0.4, 0.5) is 0 Å². The Morgan fingerprint density at radius 2 is 1.61 bits per heavy atom. The predicted molar refractivity (Wildman–Crippen MR) is 155 cm³/mol. The highest BCUT2D eigenvalue weighted by atomic mass is 35.5. The maximum absolute atomic E-state index is 13.7. The number of benzene rings is 3. The van der Waals surface area contributed by atoms with Gasteiger partial charge in [-0.05, 0) is 59.9 Å². The summed E-state index contributed by atoms with van der Waals surface area (Å²) in [5.74, 6) is 0.604. The molecule has 2 amide bonds. The van der Waals surface area contributed by atoms with Crippen LogP contribution in [-0.4, -0.2) is 35.9 Å². The second-order valence-electron chi connectivity index (χ2n) is 9.51. The van der Waals surface area contributed by atoms with Crippen molar-refractivity contribution in [3.8, 4) is 5.75 Å². The average Bonchev–Trinajstić information content (AvgIpc) is 2.89. The standard InChI is InChI=1S/C30H33Cl3N2O3/c1-21(2)19-34-30(37)28(17-22-7-4-3-5-8-22)35(20-23-10-11-25(32)18-27(23)33)29(36)9-6-16-38-26-14-12-24(31)13-15-26/h3-5,7-8,10-15,18,21,28H,6,9,16-17,19-20H2,1-2H3,(H,34,37)/t28-/m1/s1. The fourth-order valence-electron chi connectivity index (χ4n) is 3.90. The first-order chi connectivity index (χ1) is 18.2. The molecule has 0 heterocycles. The summed E-state index contributed by atoms with van der Waals surface area (Å²) >= 11 is 18.5. The third kappa shape index (κ3) is 9.54. The van der Waals surface area contributed by atoms with E-state index in [0.717, 1.165) is 11.1 Å². The fourth-order valence-corrected chi connectivity index (χ4v) is 4.49. The summed E-state index contributed by atoms with van der Waals surface area (Å²) in [6, 6.07) is 21.2. The lowest BCUT2D eigenvalue weighted by atomic mass is 10.0. The topological polar surface area (TPSA) is 58.6 Å². The van der Waals surface area contributed by atoms with Crippen molar-refractivity contribution >= 4 is 46.6 Å². The number of carbonyl (C=O) groups is 2. The van der Waals surface area contributed by atoms with E-state index in [1.54, 1.807) is 47.4 Å². The molecule has 0 spiro atoms. The molecule has 0 aliphatic rings. The maximum Gasteiger partial charge on any atom is 0.243 e. The molecule has 0 saturated carbocycles. The van der Waals surface area contributed by atoms with Crippen LogP contribution in [-0.2, 0) is 22.6 Å². The van der Waals surface area contributed by atoms with Crippen LogP contribution in [0.15, 0.2) is 72.8 Å².